The molecule has 0 bridgehead atoms. The number of pyridine rings is 1. The molecule has 188 valence electrons. The highest BCUT2D eigenvalue weighted by Crippen LogP contribution is 2.31. The third-order valence-electron chi connectivity index (χ3n) is 7.02. The van der Waals surface area contributed by atoms with Crippen LogP contribution in [0.5, 0.6) is 0 Å². The van der Waals surface area contributed by atoms with Crippen LogP contribution in [0.2, 0.25) is 0 Å². The Morgan fingerprint density at radius 3 is 2.39 bits per heavy atom. The van der Waals surface area contributed by atoms with Crippen molar-refractivity contribution in [1.29, 1.82) is 0 Å². The fourth-order valence-corrected chi connectivity index (χ4v) is 5.08. The van der Waals surface area contributed by atoms with Crippen molar-refractivity contribution in [2.75, 3.05) is 5.73 Å². The number of rotatable bonds is 5. The van der Waals surface area contributed by atoms with Crippen molar-refractivity contribution in [3.8, 4) is 16.9 Å². The van der Waals surface area contributed by atoms with Gasteiger partial charge in [-0.1, -0.05) is 60.7 Å². The van der Waals surface area contributed by atoms with Crippen molar-refractivity contribution in [3.05, 3.63) is 112 Å². The molecule has 6 rings (SSSR count). The van der Waals surface area contributed by atoms with Gasteiger partial charge in [0, 0.05) is 17.8 Å². The topological polar surface area (TPSA) is 118 Å². The lowest BCUT2D eigenvalue weighted by Crippen LogP contribution is -2.25. The summed E-state index contributed by atoms with van der Waals surface area (Å²) < 4.78 is 3.59. The van der Waals surface area contributed by atoms with Crippen LogP contribution in [0.25, 0.3) is 38.8 Å². The SMILES string of the molecule is Cc1ccccc1-n1c(Cn2nc(-c3ccc(CN)cc3)c3c(N)ncnc32)cc2cccc(C)c2c1=O. The average molecular weight is 502 g/mol. The van der Waals surface area contributed by atoms with E-state index in [2.05, 4.69) is 16.0 Å². The van der Waals surface area contributed by atoms with Gasteiger partial charge in [0.05, 0.1) is 23.0 Å². The summed E-state index contributed by atoms with van der Waals surface area (Å²) in [4.78, 5) is 22.8. The van der Waals surface area contributed by atoms with E-state index >= 15 is 0 Å². The third-order valence-corrected chi connectivity index (χ3v) is 7.02. The van der Waals surface area contributed by atoms with Crippen LogP contribution in [0.15, 0.2) is 83.9 Å². The lowest BCUT2D eigenvalue weighted by molar-refractivity contribution is 0.671. The predicted molar refractivity (Wildman–Crippen MR) is 151 cm³/mol. The molecule has 0 aliphatic heterocycles. The highest BCUT2D eigenvalue weighted by Gasteiger charge is 2.20. The van der Waals surface area contributed by atoms with Gasteiger partial charge in [0.1, 0.15) is 17.8 Å². The molecule has 0 atom stereocenters. The van der Waals surface area contributed by atoms with E-state index in [0.29, 0.717) is 41.0 Å². The smallest absolute Gasteiger partial charge is 0.263 e. The average Bonchev–Trinajstić information content (AvgIpc) is 3.29. The molecule has 3 aromatic carbocycles. The molecule has 8 nitrogen and oxygen atoms in total. The zero-order valence-corrected chi connectivity index (χ0v) is 21.2. The molecule has 8 heteroatoms. The summed E-state index contributed by atoms with van der Waals surface area (Å²) >= 11 is 0. The van der Waals surface area contributed by atoms with Gasteiger partial charge in [0.25, 0.3) is 5.56 Å². The zero-order valence-electron chi connectivity index (χ0n) is 21.2. The minimum Gasteiger partial charge on any atom is -0.383 e. The number of benzene rings is 3. The predicted octanol–water partition coefficient (Wildman–Crippen LogP) is 4.50. The fraction of sp³-hybridized carbons (Fsp3) is 0.133. The Morgan fingerprint density at radius 2 is 1.63 bits per heavy atom. The van der Waals surface area contributed by atoms with Crippen molar-refractivity contribution in [2.24, 2.45) is 5.73 Å². The summed E-state index contributed by atoms with van der Waals surface area (Å²) in [6.45, 7) is 4.74. The third kappa shape index (κ3) is 3.82. The maximum atomic E-state index is 14.0. The molecule has 0 fully saturated rings. The van der Waals surface area contributed by atoms with Crippen molar-refractivity contribution in [1.82, 2.24) is 24.3 Å². The summed E-state index contributed by atoms with van der Waals surface area (Å²) in [5, 5.41) is 7.21. The van der Waals surface area contributed by atoms with Gasteiger partial charge >= 0.3 is 0 Å². The molecule has 0 spiro atoms. The second kappa shape index (κ2) is 9.24. The summed E-state index contributed by atoms with van der Waals surface area (Å²) in [5.41, 5.74) is 18.8. The molecule has 0 saturated heterocycles. The fourth-order valence-electron chi connectivity index (χ4n) is 5.08. The normalized spacial score (nSPS) is 11.4. The first kappa shape index (κ1) is 23.6. The van der Waals surface area contributed by atoms with Crippen LogP contribution in [-0.4, -0.2) is 24.3 Å². The van der Waals surface area contributed by atoms with Crippen LogP contribution in [0, 0.1) is 13.8 Å². The van der Waals surface area contributed by atoms with Gasteiger partial charge in [-0.05, 0) is 48.1 Å². The molecular weight excluding hydrogens is 474 g/mol. The monoisotopic (exact) mass is 501 g/mol. The Kier molecular flexibility index (Phi) is 5.73. The van der Waals surface area contributed by atoms with E-state index in [1.54, 1.807) is 9.25 Å². The molecule has 0 radical (unpaired) electrons. The number of para-hydroxylation sites is 1. The van der Waals surface area contributed by atoms with Crippen molar-refractivity contribution >= 4 is 27.6 Å². The van der Waals surface area contributed by atoms with E-state index in [-0.39, 0.29) is 5.56 Å². The molecule has 3 aromatic heterocycles. The van der Waals surface area contributed by atoms with Gasteiger partial charge in [-0.3, -0.25) is 9.36 Å². The van der Waals surface area contributed by atoms with Gasteiger partial charge in [0.15, 0.2) is 5.65 Å². The van der Waals surface area contributed by atoms with E-state index in [1.165, 1.54) is 6.33 Å². The molecule has 0 aliphatic carbocycles. The van der Waals surface area contributed by atoms with Crippen molar-refractivity contribution in [3.63, 3.8) is 0 Å². The Labute approximate surface area is 219 Å². The number of nitrogens with zero attached hydrogens (tertiary/aromatic N) is 5. The first-order chi connectivity index (χ1) is 18.5. The van der Waals surface area contributed by atoms with E-state index in [9.17, 15) is 4.79 Å². The van der Waals surface area contributed by atoms with Crippen LogP contribution in [0.4, 0.5) is 5.82 Å². The van der Waals surface area contributed by atoms with Crippen LogP contribution >= 0.6 is 0 Å². The molecular formula is C30H27N7O. The van der Waals surface area contributed by atoms with Crippen molar-refractivity contribution in [2.45, 2.75) is 26.9 Å². The Balaban J connectivity index is 1.60. The van der Waals surface area contributed by atoms with E-state index < -0.39 is 0 Å². The number of hydrogen-bond acceptors (Lipinski definition) is 6. The molecule has 38 heavy (non-hydrogen) atoms. The lowest BCUT2D eigenvalue weighted by atomic mass is 10.1. The Morgan fingerprint density at radius 1 is 0.868 bits per heavy atom. The van der Waals surface area contributed by atoms with E-state index in [0.717, 1.165) is 39.0 Å². The molecule has 0 unspecified atom stereocenters. The summed E-state index contributed by atoms with van der Waals surface area (Å²) in [7, 11) is 0. The number of anilines is 1. The van der Waals surface area contributed by atoms with Gasteiger partial charge < -0.3 is 11.5 Å². The number of aromatic nitrogens is 5. The summed E-state index contributed by atoms with van der Waals surface area (Å²) in [6.07, 6.45) is 1.44. The van der Waals surface area contributed by atoms with Gasteiger partial charge in [-0.25, -0.2) is 14.6 Å². The maximum absolute atomic E-state index is 14.0. The highest BCUT2D eigenvalue weighted by atomic mass is 16.1. The van der Waals surface area contributed by atoms with Gasteiger partial charge in [0.2, 0.25) is 0 Å². The quantitative estimate of drug-likeness (QED) is 0.359. The Bertz CT molecular complexity index is 1880. The van der Waals surface area contributed by atoms with Gasteiger partial charge in [-0.15, -0.1) is 0 Å². The molecule has 3 heterocycles. The van der Waals surface area contributed by atoms with Crippen LogP contribution in [-0.2, 0) is 13.1 Å². The van der Waals surface area contributed by atoms with E-state index in [1.807, 2.05) is 80.6 Å². The summed E-state index contributed by atoms with van der Waals surface area (Å²) in [5.74, 6) is 0.351. The number of fused-ring (bicyclic) bond motifs is 2. The second-order valence-corrected chi connectivity index (χ2v) is 9.47. The molecule has 0 amide bonds. The maximum Gasteiger partial charge on any atom is 0.263 e. The molecule has 4 N–H and O–H groups in total. The zero-order chi connectivity index (χ0) is 26.4. The van der Waals surface area contributed by atoms with Crippen molar-refractivity contribution < 1.29 is 0 Å². The second-order valence-electron chi connectivity index (χ2n) is 9.47. The molecule has 0 aliphatic rings. The molecule has 0 saturated carbocycles. The number of aryl methyl sites for hydroxylation is 2. The van der Waals surface area contributed by atoms with Crippen LogP contribution < -0.4 is 17.0 Å². The highest BCUT2D eigenvalue weighted by molar-refractivity contribution is 5.98. The minimum absolute atomic E-state index is 0.0619. The van der Waals surface area contributed by atoms with E-state index in [4.69, 9.17) is 16.6 Å². The van der Waals surface area contributed by atoms with Gasteiger partial charge in [-0.2, -0.15) is 5.10 Å². The number of nitrogens with two attached hydrogens (primary N) is 2. The number of nitrogen functional groups attached to an aromatic ring is 1. The first-order valence-corrected chi connectivity index (χ1v) is 12.4. The Hall–Kier alpha value is -4.82. The largest absolute Gasteiger partial charge is 0.383 e. The van der Waals surface area contributed by atoms with Crippen LogP contribution in [0.1, 0.15) is 22.4 Å². The molecule has 6 aromatic rings. The lowest BCUT2D eigenvalue weighted by Gasteiger charge is -2.17. The van der Waals surface area contributed by atoms with Crippen LogP contribution in [0.3, 0.4) is 0 Å². The first-order valence-electron chi connectivity index (χ1n) is 12.4. The minimum atomic E-state index is -0.0619. The standard InChI is InChI=1S/C30H27N7O/c1-18-6-3-4-9-24(18)37-23(14-22-8-5-7-19(2)25(22)30(37)38)16-36-29-26(28(32)33-17-34-29)27(35-36)21-12-10-20(15-31)11-13-21/h3-14,17H,15-16,31H2,1-2H3,(H2,32,33,34). The number of hydrogen-bond donors (Lipinski definition) is 2. The summed E-state index contributed by atoms with van der Waals surface area (Å²) in [6, 6.07) is 23.8.